The predicted octanol–water partition coefficient (Wildman–Crippen LogP) is 4.91. The van der Waals surface area contributed by atoms with Crippen molar-refractivity contribution in [1.82, 2.24) is 9.78 Å². The molecule has 2 aliphatic rings. The van der Waals surface area contributed by atoms with Crippen LogP contribution in [0, 0.1) is 0 Å². The molecule has 4 rings (SSSR count). The Morgan fingerprint density at radius 3 is 2.67 bits per heavy atom. The Balaban J connectivity index is 1.76. The number of halogens is 3. The molecule has 1 aromatic heterocycles. The maximum Gasteiger partial charge on any atom is 0.416 e. The van der Waals surface area contributed by atoms with Crippen LogP contribution in [0.1, 0.15) is 54.8 Å². The summed E-state index contributed by atoms with van der Waals surface area (Å²) < 4.78 is 40.7. The first kappa shape index (κ1) is 15.5. The van der Waals surface area contributed by atoms with Crippen LogP contribution in [0.4, 0.5) is 19.0 Å². The molecular weight excluding hydrogens is 315 g/mol. The fourth-order valence-corrected chi connectivity index (χ4v) is 3.91. The molecule has 1 aromatic carbocycles. The van der Waals surface area contributed by atoms with E-state index in [1.54, 1.807) is 10.7 Å². The average Bonchev–Trinajstić information content (AvgIpc) is 3.17. The standard InChI is InChI=1S/C18H20F3N3/c19-18(20,21)13-7-4-8-14(11-13)24-17-15(9-10-22-17)16(23-24)12-5-2-1-3-6-12/h4,7-8,11-12,22H,1-3,5-6,9-10H2. The highest BCUT2D eigenvalue weighted by molar-refractivity contribution is 5.58. The van der Waals surface area contributed by atoms with E-state index in [1.807, 2.05) is 0 Å². The summed E-state index contributed by atoms with van der Waals surface area (Å²) in [7, 11) is 0. The highest BCUT2D eigenvalue weighted by Gasteiger charge is 2.32. The smallest absolute Gasteiger partial charge is 0.369 e. The fourth-order valence-electron chi connectivity index (χ4n) is 3.91. The molecule has 1 saturated carbocycles. The second-order valence-electron chi connectivity index (χ2n) is 6.68. The number of nitrogens with one attached hydrogen (secondary N) is 1. The second kappa shape index (κ2) is 5.83. The van der Waals surface area contributed by atoms with Crippen LogP contribution >= 0.6 is 0 Å². The third-order valence-corrected chi connectivity index (χ3v) is 5.09. The van der Waals surface area contributed by atoms with Gasteiger partial charge < -0.3 is 5.32 Å². The molecule has 24 heavy (non-hydrogen) atoms. The molecule has 2 aromatic rings. The van der Waals surface area contributed by atoms with Gasteiger partial charge in [0.15, 0.2) is 0 Å². The van der Waals surface area contributed by atoms with Crippen LogP contribution in [-0.4, -0.2) is 16.3 Å². The van der Waals surface area contributed by atoms with Gasteiger partial charge in [0.1, 0.15) is 5.82 Å². The average molecular weight is 335 g/mol. The number of nitrogens with zero attached hydrogens (tertiary/aromatic N) is 2. The monoisotopic (exact) mass is 335 g/mol. The molecule has 1 aliphatic carbocycles. The van der Waals surface area contributed by atoms with Crippen molar-refractivity contribution in [2.45, 2.75) is 50.6 Å². The van der Waals surface area contributed by atoms with Crippen molar-refractivity contribution in [3.8, 4) is 5.69 Å². The number of benzene rings is 1. The van der Waals surface area contributed by atoms with E-state index in [-0.39, 0.29) is 0 Å². The predicted molar refractivity (Wildman–Crippen MR) is 86.6 cm³/mol. The van der Waals surface area contributed by atoms with Crippen molar-refractivity contribution in [1.29, 1.82) is 0 Å². The number of aromatic nitrogens is 2. The first-order valence-electron chi connectivity index (χ1n) is 8.57. The molecule has 0 bridgehead atoms. The van der Waals surface area contributed by atoms with Gasteiger partial charge in [-0.05, 0) is 37.5 Å². The molecule has 1 N–H and O–H groups in total. The maximum absolute atomic E-state index is 13.0. The van der Waals surface area contributed by atoms with Gasteiger partial charge in [0, 0.05) is 18.0 Å². The largest absolute Gasteiger partial charge is 0.416 e. The molecule has 0 amide bonds. The number of anilines is 1. The van der Waals surface area contributed by atoms with Crippen molar-refractivity contribution in [3.05, 3.63) is 41.1 Å². The summed E-state index contributed by atoms with van der Waals surface area (Å²) in [6, 6.07) is 5.41. The molecular formula is C18H20F3N3. The van der Waals surface area contributed by atoms with Crippen molar-refractivity contribution in [3.63, 3.8) is 0 Å². The summed E-state index contributed by atoms with van der Waals surface area (Å²) in [5.41, 5.74) is 2.12. The van der Waals surface area contributed by atoms with E-state index in [4.69, 9.17) is 5.10 Å². The first-order chi connectivity index (χ1) is 11.5. The number of hydrogen-bond donors (Lipinski definition) is 1. The van der Waals surface area contributed by atoms with Crippen molar-refractivity contribution in [2.24, 2.45) is 0 Å². The molecule has 1 aliphatic heterocycles. The van der Waals surface area contributed by atoms with Crippen molar-refractivity contribution >= 4 is 5.82 Å². The normalized spacial score (nSPS) is 18.5. The zero-order chi connectivity index (χ0) is 16.7. The van der Waals surface area contributed by atoms with Gasteiger partial charge in [0.05, 0.1) is 16.9 Å². The Bertz CT molecular complexity index is 742. The summed E-state index contributed by atoms with van der Waals surface area (Å²) in [5, 5.41) is 8.04. The summed E-state index contributed by atoms with van der Waals surface area (Å²) in [6.07, 6.45) is 2.52. The van der Waals surface area contributed by atoms with Gasteiger partial charge in [-0.25, -0.2) is 4.68 Å². The minimum absolute atomic E-state index is 0.444. The molecule has 128 valence electrons. The second-order valence-corrected chi connectivity index (χ2v) is 6.68. The number of fused-ring (bicyclic) bond motifs is 1. The Morgan fingerprint density at radius 1 is 1.12 bits per heavy atom. The van der Waals surface area contributed by atoms with Crippen LogP contribution in [0.5, 0.6) is 0 Å². The molecule has 1 fully saturated rings. The topological polar surface area (TPSA) is 29.9 Å². The van der Waals surface area contributed by atoms with Crippen molar-refractivity contribution < 1.29 is 13.2 Å². The van der Waals surface area contributed by atoms with Gasteiger partial charge in [-0.15, -0.1) is 0 Å². The van der Waals surface area contributed by atoms with E-state index in [0.29, 0.717) is 11.6 Å². The molecule has 3 nitrogen and oxygen atoms in total. The van der Waals surface area contributed by atoms with Gasteiger partial charge in [-0.3, -0.25) is 0 Å². The number of alkyl halides is 3. The van der Waals surface area contributed by atoms with Crippen LogP contribution < -0.4 is 5.32 Å². The van der Waals surface area contributed by atoms with E-state index in [1.165, 1.54) is 37.0 Å². The minimum atomic E-state index is -4.34. The van der Waals surface area contributed by atoms with Crippen LogP contribution in [0.25, 0.3) is 5.69 Å². The molecule has 0 radical (unpaired) electrons. The zero-order valence-electron chi connectivity index (χ0n) is 13.4. The lowest BCUT2D eigenvalue weighted by atomic mass is 9.85. The van der Waals surface area contributed by atoms with E-state index < -0.39 is 11.7 Å². The van der Waals surface area contributed by atoms with Crippen LogP contribution in [0.3, 0.4) is 0 Å². The Hall–Kier alpha value is -1.98. The van der Waals surface area contributed by atoms with Crippen LogP contribution in [-0.2, 0) is 12.6 Å². The Labute approximate surface area is 138 Å². The maximum atomic E-state index is 13.0. The van der Waals surface area contributed by atoms with E-state index >= 15 is 0 Å². The highest BCUT2D eigenvalue weighted by atomic mass is 19.4. The molecule has 0 spiro atoms. The highest BCUT2D eigenvalue weighted by Crippen LogP contribution is 2.39. The van der Waals surface area contributed by atoms with Gasteiger partial charge in [0.25, 0.3) is 0 Å². The van der Waals surface area contributed by atoms with E-state index in [9.17, 15) is 13.2 Å². The van der Waals surface area contributed by atoms with Crippen molar-refractivity contribution in [2.75, 3.05) is 11.9 Å². The summed E-state index contributed by atoms with van der Waals surface area (Å²) in [4.78, 5) is 0. The molecule has 2 heterocycles. The summed E-state index contributed by atoms with van der Waals surface area (Å²) in [5.74, 6) is 1.31. The Morgan fingerprint density at radius 2 is 1.92 bits per heavy atom. The summed E-state index contributed by atoms with van der Waals surface area (Å²) >= 11 is 0. The van der Waals surface area contributed by atoms with Crippen LogP contribution in [0.2, 0.25) is 0 Å². The third kappa shape index (κ3) is 2.68. The zero-order valence-corrected chi connectivity index (χ0v) is 13.4. The third-order valence-electron chi connectivity index (χ3n) is 5.09. The van der Waals surface area contributed by atoms with Gasteiger partial charge >= 0.3 is 6.18 Å². The molecule has 0 saturated heterocycles. The number of rotatable bonds is 2. The van der Waals surface area contributed by atoms with E-state index in [2.05, 4.69) is 5.32 Å². The van der Waals surface area contributed by atoms with Gasteiger partial charge in [-0.1, -0.05) is 25.3 Å². The molecule has 0 atom stereocenters. The van der Waals surface area contributed by atoms with Gasteiger partial charge in [0.2, 0.25) is 0 Å². The summed E-state index contributed by atoms with van der Waals surface area (Å²) in [6.45, 7) is 0.825. The SMILES string of the molecule is FC(F)(F)c1cccc(-n2nc(C3CCCCC3)c3c2NCC3)c1. The van der Waals surface area contributed by atoms with E-state index in [0.717, 1.165) is 43.4 Å². The molecule has 0 unspecified atom stereocenters. The Kier molecular flexibility index (Phi) is 3.77. The molecule has 6 heteroatoms. The minimum Gasteiger partial charge on any atom is -0.369 e. The first-order valence-corrected chi connectivity index (χ1v) is 8.57. The lowest BCUT2D eigenvalue weighted by Gasteiger charge is -2.20. The number of hydrogen-bond acceptors (Lipinski definition) is 2. The quantitative estimate of drug-likeness (QED) is 0.845. The van der Waals surface area contributed by atoms with Crippen LogP contribution in [0.15, 0.2) is 24.3 Å². The van der Waals surface area contributed by atoms with Gasteiger partial charge in [-0.2, -0.15) is 18.3 Å². The fraction of sp³-hybridized carbons (Fsp3) is 0.500. The lowest BCUT2D eigenvalue weighted by Crippen LogP contribution is -2.10. The lowest BCUT2D eigenvalue weighted by molar-refractivity contribution is -0.137.